The van der Waals surface area contributed by atoms with Crippen molar-refractivity contribution in [3.63, 3.8) is 0 Å². The van der Waals surface area contributed by atoms with E-state index in [2.05, 4.69) is 21.3 Å². The normalized spacial score (nSPS) is 19.7. The van der Waals surface area contributed by atoms with E-state index in [0.717, 1.165) is 49.3 Å². The molecule has 146 valence electrons. The van der Waals surface area contributed by atoms with Gasteiger partial charge in [-0.05, 0) is 74.5 Å². The highest BCUT2D eigenvalue weighted by Crippen LogP contribution is 2.58. The Morgan fingerprint density at radius 1 is 0.964 bits per heavy atom. The molecule has 2 fully saturated rings. The summed E-state index contributed by atoms with van der Waals surface area (Å²) in [6, 6.07) is 14.5. The van der Waals surface area contributed by atoms with Crippen molar-refractivity contribution in [2.75, 3.05) is 29.0 Å². The van der Waals surface area contributed by atoms with Crippen LogP contribution in [0.15, 0.2) is 48.5 Å². The summed E-state index contributed by atoms with van der Waals surface area (Å²) in [6.45, 7) is 3.95. The molecule has 1 aliphatic heterocycles. The molecule has 1 heterocycles. The number of carbonyl (C=O) groups excluding carboxylic acids is 2. The second-order valence-electron chi connectivity index (χ2n) is 7.83. The first kappa shape index (κ1) is 18.5. The number of hydrogen-bond acceptors (Lipinski definition) is 3. The number of para-hydroxylation sites is 1. The van der Waals surface area contributed by atoms with Crippen molar-refractivity contribution in [3.8, 4) is 0 Å². The molecular formula is C22H26N4O2. The Bertz CT molecular complexity index is 875. The quantitative estimate of drug-likeness (QED) is 0.650. The number of rotatable bonds is 4. The lowest BCUT2D eigenvalue weighted by atomic mass is 9.91. The Labute approximate surface area is 165 Å². The second kappa shape index (κ2) is 7.64. The molecule has 2 aromatic rings. The van der Waals surface area contributed by atoms with Crippen LogP contribution in [0.3, 0.4) is 0 Å². The third-order valence-electron chi connectivity index (χ3n) is 5.89. The number of urea groups is 1. The third-order valence-corrected chi connectivity index (χ3v) is 5.89. The third kappa shape index (κ3) is 4.02. The Morgan fingerprint density at radius 2 is 1.68 bits per heavy atom. The van der Waals surface area contributed by atoms with Crippen molar-refractivity contribution in [3.05, 3.63) is 54.1 Å². The molecule has 2 aliphatic rings. The van der Waals surface area contributed by atoms with Crippen LogP contribution in [-0.4, -0.2) is 25.0 Å². The average Bonchev–Trinajstić information content (AvgIpc) is 3.38. The molecule has 1 saturated heterocycles. The van der Waals surface area contributed by atoms with Crippen molar-refractivity contribution in [1.82, 2.24) is 5.32 Å². The maximum Gasteiger partial charge on any atom is 0.323 e. The Kier molecular flexibility index (Phi) is 5.05. The van der Waals surface area contributed by atoms with Crippen LogP contribution in [0.5, 0.6) is 0 Å². The highest BCUT2D eigenvalue weighted by molar-refractivity contribution is 6.01. The Morgan fingerprint density at radius 3 is 2.43 bits per heavy atom. The van der Waals surface area contributed by atoms with Crippen molar-refractivity contribution < 1.29 is 9.59 Å². The SMILES string of the molecule is Cc1ccc(NC(=O)Nc2ccccc2)cc1NC(=O)C1CC12CCNCC2. The molecule has 0 bridgehead atoms. The molecule has 1 aliphatic carbocycles. The zero-order valence-corrected chi connectivity index (χ0v) is 16.0. The molecule has 0 radical (unpaired) electrons. The Balaban J connectivity index is 1.38. The summed E-state index contributed by atoms with van der Waals surface area (Å²) in [5.41, 5.74) is 3.29. The summed E-state index contributed by atoms with van der Waals surface area (Å²) in [5.74, 6) is 0.197. The van der Waals surface area contributed by atoms with Gasteiger partial charge in [-0.15, -0.1) is 0 Å². The van der Waals surface area contributed by atoms with Crippen molar-refractivity contribution in [2.45, 2.75) is 26.2 Å². The number of anilines is 3. The molecular weight excluding hydrogens is 352 g/mol. The van der Waals surface area contributed by atoms with E-state index >= 15 is 0 Å². The van der Waals surface area contributed by atoms with Crippen molar-refractivity contribution in [1.29, 1.82) is 0 Å². The van der Waals surface area contributed by atoms with Crippen molar-refractivity contribution >= 4 is 29.0 Å². The topological polar surface area (TPSA) is 82.3 Å². The molecule has 4 N–H and O–H groups in total. The van der Waals surface area contributed by atoms with E-state index in [-0.39, 0.29) is 23.3 Å². The summed E-state index contributed by atoms with van der Waals surface area (Å²) in [6.07, 6.45) is 3.13. The van der Waals surface area contributed by atoms with Crippen LogP contribution < -0.4 is 21.3 Å². The minimum absolute atomic E-state index is 0.0934. The zero-order valence-electron chi connectivity index (χ0n) is 16.0. The predicted octanol–water partition coefficient (Wildman–Crippen LogP) is 3.97. The lowest BCUT2D eigenvalue weighted by Crippen LogP contribution is -2.31. The summed E-state index contributed by atoms with van der Waals surface area (Å²) < 4.78 is 0. The van der Waals surface area contributed by atoms with E-state index in [1.165, 1.54) is 0 Å². The molecule has 6 nitrogen and oxygen atoms in total. The largest absolute Gasteiger partial charge is 0.326 e. The van der Waals surface area contributed by atoms with Gasteiger partial charge < -0.3 is 21.3 Å². The molecule has 0 aromatic heterocycles. The van der Waals surface area contributed by atoms with Crippen LogP contribution >= 0.6 is 0 Å². The summed E-state index contributed by atoms with van der Waals surface area (Å²) in [5, 5.41) is 12.1. The number of nitrogens with one attached hydrogen (secondary N) is 4. The van der Waals surface area contributed by atoms with Crippen LogP contribution in [0.4, 0.5) is 21.9 Å². The standard InChI is InChI=1S/C22H26N4O2/c1-15-7-8-17(25-21(28)24-16-5-3-2-4-6-16)13-19(15)26-20(27)18-14-22(18)9-11-23-12-10-22/h2-8,13,18,23H,9-12,14H2,1H3,(H,26,27)(H2,24,25,28). The lowest BCUT2D eigenvalue weighted by molar-refractivity contribution is -0.118. The van der Waals surface area contributed by atoms with Crippen LogP contribution in [0.25, 0.3) is 0 Å². The van der Waals surface area contributed by atoms with Crippen LogP contribution in [0.2, 0.25) is 0 Å². The fourth-order valence-corrected chi connectivity index (χ4v) is 4.06. The van der Waals surface area contributed by atoms with Gasteiger partial charge in [0, 0.05) is 23.0 Å². The molecule has 1 unspecified atom stereocenters. The number of aryl methyl sites for hydroxylation is 1. The first-order chi connectivity index (χ1) is 13.6. The Hall–Kier alpha value is -2.86. The van der Waals surface area contributed by atoms with Crippen LogP contribution in [-0.2, 0) is 4.79 Å². The smallest absolute Gasteiger partial charge is 0.323 e. The van der Waals surface area contributed by atoms with E-state index in [9.17, 15) is 9.59 Å². The minimum Gasteiger partial charge on any atom is -0.326 e. The first-order valence-corrected chi connectivity index (χ1v) is 9.81. The number of amides is 3. The first-order valence-electron chi connectivity index (χ1n) is 9.81. The average molecular weight is 378 g/mol. The van der Waals surface area contributed by atoms with Gasteiger partial charge in [-0.25, -0.2) is 4.79 Å². The molecule has 1 saturated carbocycles. The van der Waals surface area contributed by atoms with Gasteiger partial charge in [0.1, 0.15) is 0 Å². The molecule has 1 atom stereocenters. The van der Waals surface area contributed by atoms with Gasteiger partial charge in [0.15, 0.2) is 0 Å². The molecule has 6 heteroatoms. The molecule has 1 spiro atoms. The van der Waals surface area contributed by atoms with Gasteiger partial charge in [0.25, 0.3) is 0 Å². The van der Waals surface area contributed by atoms with E-state index in [4.69, 9.17) is 0 Å². The van der Waals surface area contributed by atoms with Gasteiger partial charge >= 0.3 is 6.03 Å². The highest BCUT2D eigenvalue weighted by Gasteiger charge is 2.57. The molecule has 4 rings (SSSR count). The van der Waals surface area contributed by atoms with Crippen LogP contribution in [0.1, 0.15) is 24.8 Å². The van der Waals surface area contributed by atoms with E-state index < -0.39 is 0 Å². The fraction of sp³-hybridized carbons (Fsp3) is 0.364. The molecule has 2 aromatic carbocycles. The number of hydrogen-bond donors (Lipinski definition) is 4. The minimum atomic E-state index is -0.316. The lowest BCUT2D eigenvalue weighted by Gasteiger charge is -2.23. The highest BCUT2D eigenvalue weighted by atomic mass is 16.2. The van der Waals surface area contributed by atoms with Crippen LogP contribution in [0, 0.1) is 18.3 Å². The molecule has 3 amide bonds. The maximum absolute atomic E-state index is 12.7. The maximum atomic E-state index is 12.7. The summed E-state index contributed by atoms with van der Waals surface area (Å²) >= 11 is 0. The van der Waals surface area contributed by atoms with Gasteiger partial charge in [-0.1, -0.05) is 24.3 Å². The van der Waals surface area contributed by atoms with Crippen molar-refractivity contribution in [2.24, 2.45) is 11.3 Å². The second-order valence-corrected chi connectivity index (χ2v) is 7.83. The van der Waals surface area contributed by atoms with Gasteiger partial charge in [-0.2, -0.15) is 0 Å². The number of carbonyl (C=O) groups is 2. The van der Waals surface area contributed by atoms with E-state index in [0.29, 0.717) is 5.69 Å². The van der Waals surface area contributed by atoms with Gasteiger partial charge in [-0.3, -0.25) is 4.79 Å². The van der Waals surface area contributed by atoms with E-state index in [1.807, 2.05) is 55.5 Å². The zero-order chi connectivity index (χ0) is 19.6. The summed E-state index contributed by atoms with van der Waals surface area (Å²) in [4.78, 5) is 24.9. The van der Waals surface area contributed by atoms with Gasteiger partial charge in [0.05, 0.1) is 0 Å². The monoisotopic (exact) mass is 378 g/mol. The summed E-state index contributed by atoms with van der Waals surface area (Å²) in [7, 11) is 0. The van der Waals surface area contributed by atoms with Gasteiger partial charge in [0.2, 0.25) is 5.91 Å². The van der Waals surface area contributed by atoms with E-state index in [1.54, 1.807) is 0 Å². The predicted molar refractivity (Wildman–Crippen MR) is 112 cm³/mol. The fourth-order valence-electron chi connectivity index (χ4n) is 4.06. The number of benzene rings is 2. The molecule has 28 heavy (non-hydrogen) atoms. The number of piperidine rings is 1.